The number of hydrogen-bond acceptors (Lipinski definition) is 4. The van der Waals surface area contributed by atoms with Crippen LogP contribution < -0.4 is 14.5 Å². The summed E-state index contributed by atoms with van der Waals surface area (Å²) < 4.78 is 7.08. The maximum Gasteiger partial charge on any atom is 0.228 e. The Balaban J connectivity index is 1.37. The first-order valence-corrected chi connectivity index (χ1v) is 13.4. The predicted octanol–water partition coefficient (Wildman–Crippen LogP) is 7.78. The molecule has 37 heavy (non-hydrogen) atoms. The van der Waals surface area contributed by atoms with Crippen LogP contribution in [0, 0.1) is 5.92 Å². The summed E-state index contributed by atoms with van der Waals surface area (Å²) in [7, 11) is 0. The minimum absolute atomic E-state index is 0.300. The molecule has 0 saturated carbocycles. The molecule has 186 valence electrons. The first-order chi connectivity index (χ1) is 17.9. The van der Waals surface area contributed by atoms with E-state index in [1.165, 1.54) is 33.6 Å². The summed E-state index contributed by atoms with van der Waals surface area (Å²) in [4.78, 5) is 10.0. The molecule has 1 unspecified atom stereocenters. The van der Waals surface area contributed by atoms with E-state index in [9.17, 15) is 0 Å². The monoisotopic (exact) mass is 487 g/mol. The molecule has 0 fully saturated rings. The Morgan fingerprint density at radius 1 is 0.919 bits per heavy atom. The van der Waals surface area contributed by atoms with Crippen molar-refractivity contribution >= 4 is 39.7 Å². The Kier molecular flexibility index (Phi) is 4.76. The van der Waals surface area contributed by atoms with Crippen LogP contribution in [0.1, 0.15) is 38.8 Å². The number of rotatable bonds is 3. The number of aliphatic imine (C=N–C) groups is 1. The van der Waals surface area contributed by atoms with E-state index in [-0.39, 0.29) is 5.41 Å². The molecule has 0 radical (unpaired) electrons. The Labute approximate surface area is 219 Å². The molecule has 7 rings (SSSR count). The number of ether oxygens (including phenoxy) is 1. The van der Waals surface area contributed by atoms with Crippen LogP contribution in [0.3, 0.4) is 0 Å². The molecule has 4 nitrogen and oxygen atoms in total. The van der Waals surface area contributed by atoms with E-state index in [0.29, 0.717) is 5.92 Å². The molecule has 3 heterocycles. The van der Waals surface area contributed by atoms with Crippen molar-refractivity contribution in [1.82, 2.24) is 0 Å². The Bertz CT molecular complexity index is 1570. The van der Waals surface area contributed by atoms with Crippen molar-refractivity contribution in [2.75, 3.05) is 22.9 Å². The van der Waals surface area contributed by atoms with Crippen LogP contribution in [0.4, 0.5) is 22.7 Å². The van der Waals surface area contributed by atoms with Gasteiger partial charge in [0, 0.05) is 35.5 Å². The zero-order chi connectivity index (χ0) is 25.4. The number of hydrogen-bond donors (Lipinski definition) is 0. The summed E-state index contributed by atoms with van der Waals surface area (Å²) in [5.74, 6) is 1.31. The summed E-state index contributed by atoms with van der Waals surface area (Å²) in [5.41, 5.74) is 6.46. The number of anilines is 3. The molecule has 0 N–H and O–H groups in total. The molecule has 4 heteroatoms. The van der Waals surface area contributed by atoms with Gasteiger partial charge in [-0.05, 0) is 67.0 Å². The van der Waals surface area contributed by atoms with E-state index >= 15 is 0 Å². The fraction of sp³-hybridized carbons (Fsp3) is 0.303. The van der Waals surface area contributed by atoms with Crippen LogP contribution in [0.5, 0.6) is 5.75 Å². The lowest BCUT2D eigenvalue weighted by molar-refractivity contribution is 0.0757. The molecular formula is C33H33N3O. The van der Waals surface area contributed by atoms with Crippen molar-refractivity contribution in [3.63, 3.8) is 0 Å². The molecule has 1 spiro atoms. The van der Waals surface area contributed by atoms with E-state index in [2.05, 4.69) is 123 Å². The quantitative estimate of drug-likeness (QED) is 0.295. The maximum absolute atomic E-state index is 7.08. The van der Waals surface area contributed by atoms with Gasteiger partial charge in [-0.1, -0.05) is 68.4 Å². The summed E-state index contributed by atoms with van der Waals surface area (Å²) in [6, 6.07) is 28.4. The minimum atomic E-state index is -0.698. The van der Waals surface area contributed by atoms with Crippen molar-refractivity contribution in [3.8, 4) is 5.75 Å². The first-order valence-electron chi connectivity index (χ1n) is 13.4. The van der Waals surface area contributed by atoms with Gasteiger partial charge in [-0.2, -0.15) is 0 Å². The van der Waals surface area contributed by atoms with E-state index in [0.717, 1.165) is 36.3 Å². The average Bonchev–Trinajstić information content (AvgIpc) is 3.40. The zero-order valence-corrected chi connectivity index (χ0v) is 22.0. The van der Waals surface area contributed by atoms with Gasteiger partial charge in [0.1, 0.15) is 11.4 Å². The molecule has 0 amide bonds. The zero-order valence-electron chi connectivity index (χ0n) is 22.0. The van der Waals surface area contributed by atoms with Gasteiger partial charge in [0.05, 0.1) is 11.6 Å². The molecule has 4 aromatic rings. The predicted molar refractivity (Wildman–Crippen MR) is 154 cm³/mol. The normalized spacial score (nSPS) is 20.9. The second kappa shape index (κ2) is 7.85. The summed E-state index contributed by atoms with van der Waals surface area (Å²) in [5, 5.41) is 2.31. The van der Waals surface area contributed by atoms with E-state index < -0.39 is 5.72 Å². The highest BCUT2D eigenvalue weighted by atomic mass is 16.5. The van der Waals surface area contributed by atoms with Gasteiger partial charge >= 0.3 is 0 Å². The van der Waals surface area contributed by atoms with Gasteiger partial charge in [-0.15, -0.1) is 0 Å². The lowest BCUT2D eigenvalue weighted by atomic mass is 9.77. The van der Waals surface area contributed by atoms with Crippen LogP contribution in [0.25, 0.3) is 10.8 Å². The third kappa shape index (κ3) is 3.11. The molecule has 0 saturated heterocycles. The third-order valence-corrected chi connectivity index (χ3v) is 8.49. The van der Waals surface area contributed by atoms with Gasteiger partial charge in [0.15, 0.2) is 0 Å². The third-order valence-electron chi connectivity index (χ3n) is 8.49. The van der Waals surface area contributed by atoms with Gasteiger partial charge in [0.2, 0.25) is 5.72 Å². The van der Waals surface area contributed by atoms with Crippen LogP contribution >= 0.6 is 0 Å². The summed E-state index contributed by atoms with van der Waals surface area (Å²) in [6.45, 7) is 11.0. The van der Waals surface area contributed by atoms with E-state index in [4.69, 9.17) is 9.73 Å². The van der Waals surface area contributed by atoms with Crippen LogP contribution in [0.15, 0.2) is 83.9 Å². The van der Waals surface area contributed by atoms with Crippen molar-refractivity contribution in [1.29, 1.82) is 0 Å². The number of nitrogens with zero attached hydrogens (tertiary/aromatic N) is 3. The lowest BCUT2D eigenvalue weighted by Gasteiger charge is -2.46. The molecule has 0 aliphatic carbocycles. The number of fused-ring (bicyclic) bond motifs is 5. The molecule has 4 aromatic carbocycles. The molecule has 1 atom stereocenters. The van der Waals surface area contributed by atoms with Gasteiger partial charge in [-0.3, -0.25) is 4.99 Å². The molecule has 0 aromatic heterocycles. The van der Waals surface area contributed by atoms with Crippen molar-refractivity contribution in [2.45, 2.75) is 45.3 Å². The van der Waals surface area contributed by atoms with Crippen molar-refractivity contribution in [3.05, 3.63) is 90.0 Å². The fourth-order valence-electron chi connectivity index (χ4n) is 6.57. The van der Waals surface area contributed by atoms with Crippen LogP contribution in [-0.2, 0) is 11.8 Å². The molecule has 3 aliphatic rings. The highest BCUT2D eigenvalue weighted by molar-refractivity contribution is 6.00. The fourth-order valence-corrected chi connectivity index (χ4v) is 6.57. The molecule has 0 bridgehead atoms. The van der Waals surface area contributed by atoms with Crippen molar-refractivity contribution in [2.24, 2.45) is 10.9 Å². The first kappa shape index (κ1) is 22.4. The van der Waals surface area contributed by atoms with Gasteiger partial charge in [0.25, 0.3) is 0 Å². The number of benzene rings is 4. The molecular weight excluding hydrogens is 454 g/mol. The average molecular weight is 488 g/mol. The van der Waals surface area contributed by atoms with Crippen molar-refractivity contribution < 1.29 is 4.74 Å². The Hall–Kier alpha value is -3.79. The Morgan fingerprint density at radius 3 is 2.59 bits per heavy atom. The number of para-hydroxylation sites is 1. The smallest absolute Gasteiger partial charge is 0.228 e. The highest BCUT2D eigenvalue weighted by Gasteiger charge is 2.60. The maximum atomic E-state index is 7.08. The van der Waals surface area contributed by atoms with Gasteiger partial charge < -0.3 is 14.5 Å². The van der Waals surface area contributed by atoms with Gasteiger partial charge in [-0.25, -0.2) is 0 Å². The highest BCUT2D eigenvalue weighted by Crippen LogP contribution is 2.56. The summed E-state index contributed by atoms with van der Waals surface area (Å²) in [6.07, 6.45) is 3.16. The standard InChI is InChI=1S/C33H33N3O/c1-22(2)20-36-29-19-25(35-18-17-24-10-6-8-12-28(24)35)14-15-27(29)32(3,4)33(36)21-34-31-26-11-7-5-9-23(26)13-16-30(31)37-33/h5-16,19,21-22H,17-18,20H2,1-4H3. The second-order valence-corrected chi connectivity index (χ2v) is 11.6. The minimum Gasteiger partial charge on any atom is -0.459 e. The Morgan fingerprint density at radius 2 is 1.73 bits per heavy atom. The van der Waals surface area contributed by atoms with Crippen LogP contribution in [0.2, 0.25) is 0 Å². The lowest BCUT2D eigenvalue weighted by Crippen LogP contribution is -2.62. The van der Waals surface area contributed by atoms with E-state index in [1.807, 2.05) is 0 Å². The van der Waals surface area contributed by atoms with E-state index in [1.54, 1.807) is 0 Å². The molecule has 3 aliphatic heterocycles. The SMILES string of the molecule is CC(C)CN1c2cc(N3CCc4ccccc43)ccc2C(C)(C)C12C=Nc1c(ccc3ccccc13)O2. The van der Waals surface area contributed by atoms with Crippen LogP contribution in [-0.4, -0.2) is 25.0 Å². The second-order valence-electron chi connectivity index (χ2n) is 11.6. The topological polar surface area (TPSA) is 28.1 Å². The largest absolute Gasteiger partial charge is 0.459 e. The summed E-state index contributed by atoms with van der Waals surface area (Å²) >= 11 is 0.